The molecule has 2 aromatic heterocycles. The molecule has 0 atom stereocenters. The smallest absolute Gasteiger partial charge is 0.356 e. The molecule has 0 aliphatic heterocycles. The third-order valence-corrected chi connectivity index (χ3v) is 2.87. The van der Waals surface area contributed by atoms with Gasteiger partial charge in [-0.15, -0.1) is 0 Å². The van der Waals surface area contributed by atoms with Gasteiger partial charge in [0, 0.05) is 5.39 Å². The zero-order chi connectivity index (χ0) is 11.7. The number of hydrogen-bond acceptors (Lipinski definition) is 3. The van der Waals surface area contributed by atoms with E-state index < -0.39 is 5.97 Å². The van der Waals surface area contributed by atoms with Gasteiger partial charge in [0.15, 0.2) is 0 Å². The molecule has 0 aliphatic rings. The Balaban J connectivity index is 2.55. The number of nitrogens with one attached hydrogen (secondary N) is 1. The number of pyridine rings is 1. The molecule has 0 spiro atoms. The maximum Gasteiger partial charge on any atom is 0.356 e. The van der Waals surface area contributed by atoms with Gasteiger partial charge in [0.05, 0.1) is 11.6 Å². The first-order chi connectivity index (χ1) is 7.63. The minimum atomic E-state index is -0.471. The number of aromatic nitrogens is 2. The molecule has 0 fully saturated rings. The molecule has 2 aromatic rings. The van der Waals surface area contributed by atoms with Crippen LogP contribution in [0, 0.1) is 0 Å². The van der Waals surface area contributed by atoms with Crippen LogP contribution in [0.5, 0.6) is 0 Å². The Kier molecular flexibility index (Phi) is 3.16. The largest absolute Gasteiger partial charge is 0.461 e. The summed E-state index contributed by atoms with van der Waals surface area (Å²) in [6.45, 7) is 2.05. The highest BCUT2D eigenvalue weighted by atomic mass is 79.9. The summed E-state index contributed by atoms with van der Waals surface area (Å²) in [6, 6.07) is 3.55. The number of aromatic amines is 1. The van der Waals surface area contributed by atoms with Crippen LogP contribution >= 0.6 is 27.5 Å². The highest BCUT2D eigenvalue weighted by Crippen LogP contribution is 2.27. The molecule has 0 radical (unpaired) electrons. The lowest BCUT2D eigenvalue weighted by atomic mass is 10.3. The molecular weight excluding hydrogens is 295 g/mol. The molecule has 16 heavy (non-hydrogen) atoms. The molecule has 0 aliphatic carbocycles. The normalized spacial score (nSPS) is 10.7. The highest BCUT2D eigenvalue weighted by Gasteiger charge is 2.17. The molecule has 4 nitrogen and oxygen atoms in total. The van der Waals surface area contributed by atoms with Crippen molar-refractivity contribution in [2.75, 3.05) is 6.61 Å². The summed E-state index contributed by atoms with van der Waals surface area (Å²) in [7, 11) is 0. The molecule has 0 unspecified atom stereocenters. The molecule has 0 amide bonds. The minimum absolute atomic E-state index is 0.240. The molecule has 0 aromatic carbocycles. The van der Waals surface area contributed by atoms with Crippen LogP contribution in [-0.2, 0) is 4.74 Å². The van der Waals surface area contributed by atoms with Crippen LogP contribution in [0.25, 0.3) is 11.0 Å². The van der Waals surface area contributed by atoms with Gasteiger partial charge >= 0.3 is 5.97 Å². The van der Waals surface area contributed by atoms with Crippen molar-refractivity contribution in [2.45, 2.75) is 6.92 Å². The maximum atomic E-state index is 11.5. The van der Waals surface area contributed by atoms with Crippen molar-refractivity contribution in [1.82, 2.24) is 9.97 Å². The number of carbonyl (C=O) groups excluding carboxylic acids is 1. The first-order valence-electron chi connectivity index (χ1n) is 4.64. The molecule has 2 rings (SSSR count). The van der Waals surface area contributed by atoms with E-state index in [1.807, 2.05) is 0 Å². The fraction of sp³-hybridized carbons (Fsp3) is 0.200. The third-order valence-electron chi connectivity index (χ3n) is 2.04. The van der Waals surface area contributed by atoms with Crippen molar-refractivity contribution in [3.05, 3.63) is 27.5 Å². The zero-order valence-electron chi connectivity index (χ0n) is 8.38. The van der Waals surface area contributed by atoms with Gasteiger partial charge in [-0.25, -0.2) is 9.78 Å². The van der Waals surface area contributed by atoms with Crippen molar-refractivity contribution in [2.24, 2.45) is 0 Å². The quantitative estimate of drug-likeness (QED) is 0.685. The SMILES string of the molecule is CCOC(=O)c1[nH]c2nc(Br)ccc2c1Cl. The van der Waals surface area contributed by atoms with Gasteiger partial charge < -0.3 is 9.72 Å². The van der Waals surface area contributed by atoms with Gasteiger partial charge in [-0.3, -0.25) is 0 Å². The predicted molar refractivity (Wildman–Crippen MR) is 64.8 cm³/mol. The van der Waals surface area contributed by atoms with E-state index in [9.17, 15) is 4.79 Å². The van der Waals surface area contributed by atoms with Crippen LogP contribution in [-0.4, -0.2) is 22.5 Å². The van der Waals surface area contributed by atoms with Crippen LogP contribution < -0.4 is 0 Å². The average Bonchev–Trinajstić information content (AvgIpc) is 2.56. The topological polar surface area (TPSA) is 55.0 Å². The lowest BCUT2D eigenvalue weighted by molar-refractivity contribution is 0.0521. The van der Waals surface area contributed by atoms with Gasteiger partial charge in [0.25, 0.3) is 0 Å². The number of nitrogens with zero attached hydrogens (tertiary/aromatic N) is 1. The van der Waals surface area contributed by atoms with E-state index in [1.54, 1.807) is 19.1 Å². The summed E-state index contributed by atoms with van der Waals surface area (Å²) in [5.74, 6) is -0.471. The number of esters is 1. The Morgan fingerprint density at radius 1 is 1.62 bits per heavy atom. The Bertz CT molecular complexity index is 553. The Morgan fingerprint density at radius 3 is 3.06 bits per heavy atom. The van der Waals surface area contributed by atoms with Crippen molar-refractivity contribution < 1.29 is 9.53 Å². The monoisotopic (exact) mass is 302 g/mol. The van der Waals surface area contributed by atoms with Crippen LogP contribution in [0.1, 0.15) is 17.4 Å². The highest BCUT2D eigenvalue weighted by molar-refractivity contribution is 9.10. The zero-order valence-corrected chi connectivity index (χ0v) is 10.7. The number of rotatable bonds is 2. The van der Waals surface area contributed by atoms with Crippen molar-refractivity contribution >= 4 is 44.5 Å². The van der Waals surface area contributed by atoms with Gasteiger partial charge in [-0.2, -0.15) is 0 Å². The standard InChI is InChI=1S/C10H8BrClN2O2/c1-2-16-10(15)8-7(12)5-3-4-6(11)13-9(5)14-8/h3-4H,2H2,1H3,(H,13,14). The Morgan fingerprint density at radius 2 is 2.38 bits per heavy atom. The Hall–Kier alpha value is -1.07. The molecule has 0 saturated heterocycles. The Labute approximate surface area is 105 Å². The summed E-state index contributed by atoms with van der Waals surface area (Å²) in [5.41, 5.74) is 0.798. The summed E-state index contributed by atoms with van der Waals surface area (Å²) >= 11 is 9.30. The van der Waals surface area contributed by atoms with Crippen molar-refractivity contribution in [3.8, 4) is 0 Å². The molecular formula is C10H8BrClN2O2. The number of hydrogen-bond donors (Lipinski definition) is 1. The van der Waals surface area contributed by atoms with Crippen LogP contribution in [0.2, 0.25) is 5.02 Å². The van der Waals surface area contributed by atoms with E-state index in [0.29, 0.717) is 27.3 Å². The lowest BCUT2D eigenvalue weighted by Gasteiger charge is -1.98. The van der Waals surface area contributed by atoms with E-state index >= 15 is 0 Å². The fourth-order valence-corrected chi connectivity index (χ4v) is 1.95. The van der Waals surface area contributed by atoms with Gasteiger partial charge in [-0.1, -0.05) is 11.6 Å². The second kappa shape index (κ2) is 4.43. The first kappa shape index (κ1) is 11.4. The van der Waals surface area contributed by atoms with Crippen LogP contribution in [0.3, 0.4) is 0 Å². The summed E-state index contributed by atoms with van der Waals surface area (Å²) < 4.78 is 5.55. The first-order valence-corrected chi connectivity index (χ1v) is 5.81. The van der Waals surface area contributed by atoms with E-state index in [2.05, 4.69) is 25.9 Å². The van der Waals surface area contributed by atoms with E-state index in [0.717, 1.165) is 0 Å². The predicted octanol–water partition coefficient (Wildman–Crippen LogP) is 3.16. The van der Waals surface area contributed by atoms with E-state index in [1.165, 1.54) is 0 Å². The number of fused-ring (bicyclic) bond motifs is 1. The number of ether oxygens (including phenoxy) is 1. The van der Waals surface area contributed by atoms with Crippen LogP contribution in [0.4, 0.5) is 0 Å². The van der Waals surface area contributed by atoms with Gasteiger partial charge in [-0.05, 0) is 35.0 Å². The molecule has 0 saturated carbocycles. The maximum absolute atomic E-state index is 11.5. The summed E-state index contributed by atoms with van der Waals surface area (Å²) in [5, 5.41) is 1.04. The second-order valence-corrected chi connectivity index (χ2v) is 4.26. The minimum Gasteiger partial charge on any atom is -0.461 e. The van der Waals surface area contributed by atoms with Gasteiger partial charge in [0.2, 0.25) is 0 Å². The van der Waals surface area contributed by atoms with E-state index in [4.69, 9.17) is 16.3 Å². The number of halogens is 2. The number of H-pyrrole nitrogens is 1. The van der Waals surface area contributed by atoms with Crippen molar-refractivity contribution in [1.29, 1.82) is 0 Å². The molecule has 2 heterocycles. The van der Waals surface area contributed by atoms with E-state index in [-0.39, 0.29) is 5.69 Å². The van der Waals surface area contributed by atoms with Crippen LogP contribution in [0.15, 0.2) is 16.7 Å². The lowest BCUT2D eigenvalue weighted by Crippen LogP contribution is -2.05. The second-order valence-electron chi connectivity index (χ2n) is 3.06. The summed E-state index contributed by atoms with van der Waals surface area (Å²) in [6.07, 6.45) is 0. The third kappa shape index (κ3) is 1.92. The molecule has 6 heteroatoms. The fourth-order valence-electron chi connectivity index (χ4n) is 1.36. The molecule has 1 N–H and O–H groups in total. The average molecular weight is 304 g/mol. The summed E-state index contributed by atoms with van der Waals surface area (Å²) in [4.78, 5) is 18.6. The van der Waals surface area contributed by atoms with Gasteiger partial charge in [0.1, 0.15) is 15.9 Å². The molecule has 0 bridgehead atoms. The van der Waals surface area contributed by atoms with Crippen molar-refractivity contribution in [3.63, 3.8) is 0 Å². The number of carbonyl (C=O) groups is 1. The molecule has 84 valence electrons.